The number of rotatable bonds is 6. The number of sulfonamides is 1. The van der Waals surface area contributed by atoms with Gasteiger partial charge in [0.1, 0.15) is 22.3 Å². The lowest BCUT2D eigenvalue weighted by Gasteiger charge is -2.17. The summed E-state index contributed by atoms with van der Waals surface area (Å²) in [7, 11) is 0.205. The van der Waals surface area contributed by atoms with Crippen molar-refractivity contribution in [3.63, 3.8) is 0 Å². The third-order valence-electron chi connectivity index (χ3n) is 3.96. The van der Waals surface area contributed by atoms with Crippen LogP contribution in [0.5, 0.6) is 5.75 Å². The van der Waals surface area contributed by atoms with Crippen molar-refractivity contribution in [2.24, 2.45) is 0 Å². The highest BCUT2D eigenvalue weighted by molar-refractivity contribution is 7.89. The van der Waals surface area contributed by atoms with Crippen LogP contribution in [0.15, 0.2) is 41.3 Å². The van der Waals surface area contributed by atoms with Crippen LogP contribution in [0.4, 0.5) is 8.78 Å². The van der Waals surface area contributed by atoms with E-state index in [2.05, 4.69) is 5.32 Å². The molecule has 1 amide bonds. The number of hydrogen-bond acceptors (Lipinski definition) is 4. The maximum Gasteiger partial charge on any atom is 0.251 e. The topological polar surface area (TPSA) is 75.7 Å². The molecule has 2 rings (SSSR count). The summed E-state index contributed by atoms with van der Waals surface area (Å²) in [5.41, 5.74) is 0.171. The molecule has 146 valence electrons. The number of halogens is 2. The van der Waals surface area contributed by atoms with Gasteiger partial charge in [-0.25, -0.2) is 21.5 Å². The third kappa shape index (κ3) is 4.42. The second-order valence-electron chi connectivity index (χ2n) is 6.01. The molecule has 6 nitrogen and oxygen atoms in total. The van der Waals surface area contributed by atoms with Crippen LogP contribution < -0.4 is 10.1 Å². The summed E-state index contributed by atoms with van der Waals surface area (Å²) in [5.74, 6) is -2.01. The minimum Gasteiger partial charge on any atom is -0.495 e. The van der Waals surface area contributed by atoms with Crippen molar-refractivity contribution in [1.29, 1.82) is 0 Å². The van der Waals surface area contributed by atoms with E-state index >= 15 is 0 Å². The van der Waals surface area contributed by atoms with E-state index in [4.69, 9.17) is 4.74 Å². The first-order valence-electron chi connectivity index (χ1n) is 7.94. The monoisotopic (exact) mass is 398 g/mol. The molecule has 0 aliphatic rings. The minimum absolute atomic E-state index is 0.0607. The molecule has 0 aliphatic heterocycles. The lowest BCUT2D eigenvalue weighted by atomic mass is 10.1. The van der Waals surface area contributed by atoms with Gasteiger partial charge in [0.05, 0.1) is 13.2 Å². The highest BCUT2D eigenvalue weighted by Gasteiger charge is 2.24. The molecule has 0 saturated carbocycles. The number of ether oxygens (including phenoxy) is 1. The first-order valence-corrected chi connectivity index (χ1v) is 9.38. The fourth-order valence-electron chi connectivity index (χ4n) is 2.43. The summed E-state index contributed by atoms with van der Waals surface area (Å²) in [6.07, 6.45) is 0. The van der Waals surface area contributed by atoms with E-state index in [0.29, 0.717) is 0 Å². The van der Waals surface area contributed by atoms with Gasteiger partial charge in [0.2, 0.25) is 10.0 Å². The molecule has 0 heterocycles. The zero-order chi connectivity index (χ0) is 20.4. The summed E-state index contributed by atoms with van der Waals surface area (Å²) in [4.78, 5) is 12.3. The van der Waals surface area contributed by atoms with Gasteiger partial charge in [-0.2, -0.15) is 0 Å². The van der Waals surface area contributed by atoms with E-state index < -0.39 is 33.6 Å². The predicted octanol–water partition coefficient (Wildman–Crippen LogP) is 2.71. The van der Waals surface area contributed by atoms with Gasteiger partial charge in [-0.15, -0.1) is 0 Å². The highest BCUT2D eigenvalue weighted by Crippen LogP contribution is 2.27. The van der Waals surface area contributed by atoms with Gasteiger partial charge in [0, 0.05) is 31.3 Å². The Kier molecular flexibility index (Phi) is 6.17. The molecule has 0 bridgehead atoms. The van der Waals surface area contributed by atoms with Crippen LogP contribution in [0.25, 0.3) is 0 Å². The number of hydrogen-bond donors (Lipinski definition) is 1. The van der Waals surface area contributed by atoms with Crippen LogP contribution in [-0.4, -0.2) is 39.8 Å². The highest BCUT2D eigenvalue weighted by atomic mass is 32.2. The third-order valence-corrected chi connectivity index (χ3v) is 5.80. The summed E-state index contributed by atoms with van der Waals surface area (Å²) in [6.45, 7) is 1.54. The number of carbonyl (C=O) groups excluding carboxylic acids is 1. The van der Waals surface area contributed by atoms with Gasteiger partial charge in [0.15, 0.2) is 0 Å². The first-order chi connectivity index (χ1) is 12.6. The molecule has 0 aromatic heterocycles. The zero-order valence-electron chi connectivity index (χ0n) is 15.3. The van der Waals surface area contributed by atoms with Crippen molar-refractivity contribution < 1.29 is 26.7 Å². The van der Waals surface area contributed by atoms with Crippen LogP contribution in [0.2, 0.25) is 0 Å². The first kappa shape index (κ1) is 20.8. The Balaban J connectivity index is 2.34. The van der Waals surface area contributed by atoms with E-state index in [0.717, 1.165) is 16.4 Å². The van der Waals surface area contributed by atoms with Crippen LogP contribution >= 0.6 is 0 Å². The molecule has 9 heteroatoms. The molecule has 1 atom stereocenters. The van der Waals surface area contributed by atoms with Gasteiger partial charge in [0.25, 0.3) is 5.91 Å². The van der Waals surface area contributed by atoms with Crippen LogP contribution in [0.1, 0.15) is 28.9 Å². The molecule has 0 radical (unpaired) electrons. The number of nitrogens with one attached hydrogen (secondary N) is 1. The molecule has 0 aliphatic carbocycles. The van der Waals surface area contributed by atoms with E-state index in [9.17, 15) is 22.0 Å². The molecule has 1 unspecified atom stereocenters. The smallest absolute Gasteiger partial charge is 0.251 e. The second kappa shape index (κ2) is 8.01. The standard InChI is InChI=1S/C18H20F2N2O4S/c1-11(14-7-6-13(19)10-15(14)20)21-18(23)12-5-8-16(26-4)17(9-12)27(24,25)22(2)3/h5-11H,1-4H3,(H,21,23). The van der Waals surface area contributed by atoms with Gasteiger partial charge in [-0.1, -0.05) is 6.07 Å². The minimum atomic E-state index is -3.84. The lowest BCUT2D eigenvalue weighted by Crippen LogP contribution is -2.28. The molecular weight excluding hydrogens is 378 g/mol. The molecular formula is C18H20F2N2O4S. The molecule has 2 aromatic carbocycles. The Labute approximate surface area is 156 Å². The Morgan fingerprint density at radius 2 is 1.81 bits per heavy atom. The largest absolute Gasteiger partial charge is 0.495 e. The van der Waals surface area contributed by atoms with Crippen molar-refractivity contribution >= 4 is 15.9 Å². The Hall–Kier alpha value is -2.52. The molecule has 27 heavy (non-hydrogen) atoms. The zero-order valence-corrected chi connectivity index (χ0v) is 16.1. The average molecular weight is 398 g/mol. The molecule has 0 saturated heterocycles. The Morgan fingerprint density at radius 3 is 2.37 bits per heavy atom. The maximum atomic E-state index is 13.9. The second-order valence-corrected chi connectivity index (χ2v) is 8.13. The summed E-state index contributed by atoms with van der Waals surface area (Å²) in [5, 5.41) is 2.57. The summed E-state index contributed by atoms with van der Waals surface area (Å²) < 4.78 is 57.8. The average Bonchev–Trinajstić information content (AvgIpc) is 2.60. The quantitative estimate of drug-likeness (QED) is 0.812. The number of methoxy groups -OCH3 is 1. The van der Waals surface area contributed by atoms with Crippen molar-refractivity contribution in [3.8, 4) is 5.75 Å². The summed E-state index contributed by atoms with van der Waals surface area (Å²) >= 11 is 0. The van der Waals surface area contributed by atoms with Crippen molar-refractivity contribution in [1.82, 2.24) is 9.62 Å². The van der Waals surface area contributed by atoms with E-state index in [1.54, 1.807) is 0 Å². The summed E-state index contributed by atoms with van der Waals surface area (Å²) in [6, 6.07) is 6.27. The molecule has 2 aromatic rings. The number of carbonyl (C=O) groups is 1. The maximum absolute atomic E-state index is 13.9. The number of benzene rings is 2. The van der Waals surface area contributed by atoms with E-state index in [1.807, 2.05) is 0 Å². The van der Waals surface area contributed by atoms with Crippen LogP contribution in [0, 0.1) is 11.6 Å². The Bertz CT molecular complexity index is 962. The molecule has 1 N–H and O–H groups in total. The van der Waals surface area contributed by atoms with Crippen molar-refractivity contribution in [2.45, 2.75) is 17.9 Å². The van der Waals surface area contributed by atoms with Crippen LogP contribution in [0.3, 0.4) is 0 Å². The van der Waals surface area contributed by atoms with E-state index in [-0.39, 0.29) is 21.8 Å². The van der Waals surface area contributed by atoms with Crippen molar-refractivity contribution in [2.75, 3.05) is 21.2 Å². The van der Waals surface area contributed by atoms with Gasteiger partial charge in [-0.05, 0) is 31.2 Å². The van der Waals surface area contributed by atoms with Gasteiger partial charge < -0.3 is 10.1 Å². The lowest BCUT2D eigenvalue weighted by molar-refractivity contribution is 0.0939. The molecule has 0 fully saturated rings. The number of nitrogens with zero attached hydrogens (tertiary/aromatic N) is 1. The fraction of sp³-hybridized carbons (Fsp3) is 0.278. The van der Waals surface area contributed by atoms with E-state index in [1.165, 1.54) is 52.4 Å². The molecule has 0 spiro atoms. The van der Waals surface area contributed by atoms with Gasteiger partial charge >= 0.3 is 0 Å². The number of amides is 1. The normalized spacial score (nSPS) is 12.7. The van der Waals surface area contributed by atoms with Gasteiger partial charge in [-0.3, -0.25) is 4.79 Å². The predicted molar refractivity (Wildman–Crippen MR) is 96.1 cm³/mol. The SMILES string of the molecule is COc1ccc(C(=O)NC(C)c2ccc(F)cc2F)cc1S(=O)(=O)N(C)C. The van der Waals surface area contributed by atoms with Crippen molar-refractivity contribution in [3.05, 3.63) is 59.2 Å². The van der Waals surface area contributed by atoms with Crippen LogP contribution in [-0.2, 0) is 10.0 Å². The fourth-order valence-corrected chi connectivity index (χ4v) is 3.50. The Morgan fingerprint density at radius 1 is 1.15 bits per heavy atom.